The number of nitrogen functional groups attached to an aromatic ring is 1. The number of ether oxygens (including phenoxy) is 1. The molecule has 2 aromatic rings. The number of aromatic nitrogens is 1. The zero-order valence-corrected chi connectivity index (χ0v) is 9.54. The van der Waals surface area contributed by atoms with Gasteiger partial charge in [-0.25, -0.2) is 4.79 Å². The molecular formula is C13H12N2O3. The number of carboxylic acids is 1. The van der Waals surface area contributed by atoms with Crippen LogP contribution < -0.4 is 10.5 Å². The molecule has 0 aliphatic carbocycles. The summed E-state index contributed by atoms with van der Waals surface area (Å²) in [7, 11) is 0. The second kappa shape index (κ2) is 5.18. The van der Waals surface area contributed by atoms with E-state index in [1.807, 2.05) is 6.07 Å². The van der Waals surface area contributed by atoms with E-state index >= 15 is 0 Å². The Hall–Kier alpha value is -2.56. The van der Waals surface area contributed by atoms with Gasteiger partial charge in [0.15, 0.2) is 0 Å². The average molecular weight is 244 g/mol. The first-order valence-electron chi connectivity index (χ1n) is 5.33. The predicted octanol–water partition coefficient (Wildman–Crippen LogP) is 1.94. The van der Waals surface area contributed by atoms with Crippen molar-refractivity contribution in [3.05, 3.63) is 53.9 Å². The number of nitrogens with two attached hydrogens (primary N) is 1. The first kappa shape index (κ1) is 11.9. The van der Waals surface area contributed by atoms with Crippen LogP contribution in [0.4, 0.5) is 5.69 Å². The number of hydrogen-bond acceptors (Lipinski definition) is 4. The summed E-state index contributed by atoms with van der Waals surface area (Å²) < 4.78 is 5.44. The van der Waals surface area contributed by atoms with Gasteiger partial charge in [-0.2, -0.15) is 0 Å². The molecule has 5 heteroatoms. The number of carbonyl (C=O) groups is 1. The van der Waals surface area contributed by atoms with Crippen molar-refractivity contribution < 1.29 is 14.6 Å². The van der Waals surface area contributed by atoms with Gasteiger partial charge < -0.3 is 15.6 Å². The Morgan fingerprint density at radius 2 is 2.11 bits per heavy atom. The van der Waals surface area contributed by atoms with E-state index in [1.54, 1.807) is 30.5 Å². The van der Waals surface area contributed by atoms with Crippen molar-refractivity contribution in [3.63, 3.8) is 0 Å². The number of nitrogens with zero attached hydrogens (tertiary/aromatic N) is 1. The van der Waals surface area contributed by atoms with Gasteiger partial charge in [0, 0.05) is 11.9 Å². The molecule has 0 unspecified atom stereocenters. The topological polar surface area (TPSA) is 85.4 Å². The highest BCUT2D eigenvalue weighted by molar-refractivity contribution is 5.96. The van der Waals surface area contributed by atoms with Crippen LogP contribution in [0.25, 0.3) is 0 Å². The Labute approximate surface area is 104 Å². The first-order valence-corrected chi connectivity index (χ1v) is 5.33. The van der Waals surface area contributed by atoms with E-state index in [4.69, 9.17) is 15.6 Å². The molecule has 1 aromatic carbocycles. The van der Waals surface area contributed by atoms with Crippen LogP contribution in [0.15, 0.2) is 42.6 Å². The van der Waals surface area contributed by atoms with Crippen LogP contribution in [-0.4, -0.2) is 16.1 Å². The van der Waals surface area contributed by atoms with Gasteiger partial charge in [-0.05, 0) is 24.3 Å². The highest BCUT2D eigenvalue weighted by atomic mass is 16.5. The summed E-state index contributed by atoms with van der Waals surface area (Å²) in [5.74, 6) is -0.864. The van der Waals surface area contributed by atoms with E-state index in [0.29, 0.717) is 0 Å². The third-order valence-electron chi connectivity index (χ3n) is 2.37. The van der Waals surface area contributed by atoms with Crippen LogP contribution in [-0.2, 0) is 6.61 Å². The quantitative estimate of drug-likeness (QED) is 0.803. The minimum Gasteiger partial charge on any atom is -0.486 e. The van der Waals surface area contributed by atoms with E-state index in [-0.39, 0.29) is 23.6 Å². The lowest BCUT2D eigenvalue weighted by Crippen LogP contribution is -2.07. The zero-order valence-electron chi connectivity index (χ0n) is 9.54. The molecule has 0 fully saturated rings. The SMILES string of the molecule is Nc1cccc(OCc2ccccn2)c1C(=O)O. The van der Waals surface area contributed by atoms with Crippen molar-refractivity contribution in [1.82, 2.24) is 4.98 Å². The molecule has 0 saturated carbocycles. The number of rotatable bonds is 4. The van der Waals surface area contributed by atoms with Crippen LogP contribution in [0.1, 0.15) is 16.1 Å². The molecule has 0 radical (unpaired) electrons. The minimum atomic E-state index is -1.11. The molecular weight excluding hydrogens is 232 g/mol. The lowest BCUT2D eigenvalue weighted by Gasteiger charge is -2.10. The maximum atomic E-state index is 11.1. The molecule has 5 nitrogen and oxygen atoms in total. The molecule has 0 aliphatic rings. The summed E-state index contributed by atoms with van der Waals surface area (Å²) in [4.78, 5) is 15.2. The van der Waals surface area contributed by atoms with Gasteiger partial charge in [-0.15, -0.1) is 0 Å². The van der Waals surface area contributed by atoms with E-state index in [1.165, 1.54) is 6.07 Å². The van der Waals surface area contributed by atoms with Crippen LogP contribution in [0.3, 0.4) is 0 Å². The van der Waals surface area contributed by atoms with Crippen LogP contribution >= 0.6 is 0 Å². The Kier molecular flexibility index (Phi) is 3.43. The van der Waals surface area contributed by atoms with Gasteiger partial charge in [-0.1, -0.05) is 12.1 Å². The van der Waals surface area contributed by atoms with Gasteiger partial charge in [0.1, 0.15) is 17.9 Å². The molecule has 3 N–H and O–H groups in total. The van der Waals surface area contributed by atoms with Crippen molar-refractivity contribution in [2.75, 3.05) is 5.73 Å². The van der Waals surface area contributed by atoms with E-state index < -0.39 is 5.97 Å². The van der Waals surface area contributed by atoms with Gasteiger partial charge >= 0.3 is 5.97 Å². The molecule has 0 amide bonds. The van der Waals surface area contributed by atoms with Crippen molar-refractivity contribution in [2.24, 2.45) is 0 Å². The first-order chi connectivity index (χ1) is 8.68. The molecule has 0 spiro atoms. The fourth-order valence-electron chi connectivity index (χ4n) is 1.53. The molecule has 1 heterocycles. The van der Waals surface area contributed by atoms with Gasteiger partial charge in [0.25, 0.3) is 0 Å². The number of pyridine rings is 1. The van der Waals surface area contributed by atoms with Crippen molar-refractivity contribution in [2.45, 2.75) is 6.61 Å². The summed E-state index contributed by atoms with van der Waals surface area (Å²) >= 11 is 0. The third kappa shape index (κ3) is 2.57. The standard InChI is InChI=1S/C13H12N2O3/c14-10-5-3-6-11(12(10)13(16)17)18-8-9-4-1-2-7-15-9/h1-7H,8,14H2,(H,16,17). The fourth-order valence-corrected chi connectivity index (χ4v) is 1.53. The molecule has 92 valence electrons. The maximum absolute atomic E-state index is 11.1. The van der Waals surface area contributed by atoms with E-state index in [9.17, 15) is 4.79 Å². The highest BCUT2D eigenvalue weighted by Crippen LogP contribution is 2.24. The molecule has 2 rings (SSSR count). The van der Waals surface area contributed by atoms with Gasteiger partial charge in [0.2, 0.25) is 0 Å². The summed E-state index contributed by atoms with van der Waals surface area (Å²) in [6, 6.07) is 10.2. The number of benzene rings is 1. The second-order valence-electron chi connectivity index (χ2n) is 3.64. The normalized spacial score (nSPS) is 10.0. The maximum Gasteiger partial charge on any atom is 0.341 e. The number of hydrogen-bond donors (Lipinski definition) is 2. The monoisotopic (exact) mass is 244 g/mol. The van der Waals surface area contributed by atoms with Crippen molar-refractivity contribution in [1.29, 1.82) is 0 Å². The van der Waals surface area contributed by atoms with Gasteiger partial charge in [0.05, 0.1) is 5.69 Å². The largest absolute Gasteiger partial charge is 0.486 e. The molecule has 0 atom stereocenters. The fraction of sp³-hybridized carbons (Fsp3) is 0.0769. The molecule has 18 heavy (non-hydrogen) atoms. The molecule has 0 bridgehead atoms. The van der Waals surface area contributed by atoms with Crippen LogP contribution in [0.5, 0.6) is 5.75 Å². The Balaban J connectivity index is 2.20. The minimum absolute atomic E-state index is 0.0200. The van der Waals surface area contributed by atoms with E-state index in [2.05, 4.69) is 4.98 Å². The zero-order chi connectivity index (χ0) is 13.0. The Bertz CT molecular complexity index is 555. The summed E-state index contributed by atoms with van der Waals surface area (Å²) in [6.45, 7) is 0.199. The van der Waals surface area contributed by atoms with Crippen LogP contribution in [0.2, 0.25) is 0 Å². The molecule has 1 aromatic heterocycles. The van der Waals surface area contributed by atoms with Crippen LogP contribution in [0, 0.1) is 0 Å². The Morgan fingerprint density at radius 1 is 1.28 bits per heavy atom. The highest BCUT2D eigenvalue weighted by Gasteiger charge is 2.14. The predicted molar refractivity (Wildman–Crippen MR) is 66.4 cm³/mol. The number of aromatic carboxylic acids is 1. The third-order valence-corrected chi connectivity index (χ3v) is 2.37. The van der Waals surface area contributed by atoms with Crippen molar-refractivity contribution >= 4 is 11.7 Å². The molecule has 0 aliphatic heterocycles. The summed E-state index contributed by atoms with van der Waals surface area (Å²) in [5.41, 5.74) is 6.50. The Morgan fingerprint density at radius 3 is 2.78 bits per heavy atom. The second-order valence-corrected chi connectivity index (χ2v) is 3.64. The lowest BCUT2D eigenvalue weighted by atomic mass is 10.1. The lowest BCUT2D eigenvalue weighted by molar-refractivity contribution is 0.0693. The van der Waals surface area contributed by atoms with E-state index in [0.717, 1.165) is 5.69 Å². The number of anilines is 1. The summed E-state index contributed by atoms with van der Waals surface area (Å²) in [5, 5.41) is 9.07. The van der Waals surface area contributed by atoms with Gasteiger partial charge in [-0.3, -0.25) is 4.98 Å². The average Bonchev–Trinajstić information content (AvgIpc) is 2.37. The summed E-state index contributed by atoms with van der Waals surface area (Å²) in [6.07, 6.45) is 1.65. The number of carboxylic acid groups (broad SMARTS) is 1. The van der Waals surface area contributed by atoms with Crippen molar-refractivity contribution in [3.8, 4) is 5.75 Å². The molecule has 0 saturated heterocycles. The smallest absolute Gasteiger partial charge is 0.341 e.